The summed E-state index contributed by atoms with van der Waals surface area (Å²) >= 11 is 3.28. The third kappa shape index (κ3) is 6.74. The van der Waals surface area contributed by atoms with E-state index in [1.807, 2.05) is 18.2 Å². The Kier molecular flexibility index (Phi) is 7.81. The number of carbonyl (C=O) groups excluding carboxylic acids is 3. The molecule has 0 radical (unpaired) electrons. The minimum Gasteiger partial charge on any atom is -0.496 e. The quantitative estimate of drug-likeness (QED) is 0.620. The average molecular weight is 435 g/mol. The Labute approximate surface area is 165 Å². The normalized spacial score (nSPS) is 10.0. The third-order valence-corrected chi connectivity index (χ3v) is 4.06. The number of hydrogen-bond acceptors (Lipinski definition) is 5. The van der Waals surface area contributed by atoms with Crippen LogP contribution in [-0.4, -0.2) is 38.0 Å². The summed E-state index contributed by atoms with van der Waals surface area (Å²) in [5, 5.41) is 5.07. The van der Waals surface area contributed by atoms with E-state index in [1.54, 1.807) is 37.4 Å². The summed E-state index contributed by atoms with van der Waals surface area (Å²) in [4.78, 5) is 35.4. The van der Waals surface area contributed by atoms with Crippen molar-refractivity contribution in [3.05, 3.63) is 64.1 Å². The fourth-order valence-electron chi connectivity index (χ4n) is 2.15. The summed E-state index contributed by atoms with van der Waals surface area (Å²) in [5.74, 6) is -0.896. The maximum atomic E-state index is 11.9. The second kappa shape index (κ2) is 10.3. The summed E-state index contributed by atoms with van der Waals surface area (Å²) in [7, 11) is 1.55. The van der Waals surface area contributed by atoms with Crippen LogP contribution >= 0.6 is 15.9 Å². The number of esters is 1. The number of methoxy groups -OCH3 is 1. The molecule has 0 aliphatic carbocycles. The van der Waals surface area contributed by atoms with Gasteiger partial charge in [-0.05, 0) is 30.3 Å². The van der Waals surface area contributed by atoms with Crippen molar-refractivity contribution in [1.82, 2.24) is 10.6 Å². The van der Waals surface area contributed by atoms with Gasteiger partial charge in [0.2, 0.25) is 0 Å². The van der Waals surface area contributed by atoms with Crippen LogP contribution in [0.2, 0.25) is 0 Å². The molecule has 0 saturated carbocycles. The van der Waals surface area contributed by atoms with Crippen LogP contribution in [0.3, 0.4) is 0 Å². The molecule has 0 aliphatic heterocycles. The largest absolute Gasteiger partial charge is 0.496 e. The second-order valence-corrected chi connectivity index (χ2v) is 6.35. The Morgan fingerprint density at radius 2 is 1.70 bits per heavy atom. The highest BCUT2D eigenvalue weighted by atomic mass is 79.9. The summed E-state index contributed by atoms with van der Waals surface area (Å²) in [6.45, 7) is -0.502. The predicted molar refractivity (Wildman–Crippen MR) is 102 cm³/mol. The van der Waals surface area contributed by atoms with E-state index in [4.69, 9.17) is 9.47 Å². The SMILES string of the molecule is COc1ccccc1CNC(=O)COC(=O)CNC(=O)c1ccc(Br)cc1. The number of hydrogen-bond donors (Lipinski definition) is 2. The van der Waals surface area contributed by atoms with Gasteiger partial charge in [-0.15, -0.1) is 0 Å². The summed E-state index contributed by atoms with van der Waals surface area (Å²) < 4.78 is 10.9. The van der Waals surface area contributed by atoms with Crippen molar-refractivity contribution in [3.8, 4) is 5.75 Å². The molecule has 0 unspecified atom stereocenters. The van der Waals surface area contributed by atoms with Crippen LogP contribution in [0.15, 0.2) is 53.0 Å². The van der Waals surface area contributed by atoms with Gasteiger partial charge in [-0.3, -0.25) is 14.4 Å². The van der Waals surface area contributed by atoms with Gasteiger partial charge in [0.1, 0.15) is 12.3 Å². The fraction of sp³-hybridized carbons (Fsp3) is 0.211. The minimum absolute atomic E-state index is 0.251. The minimum atomic E-state index is -0.701. The zero-order valence-electron chi connectivity index (χ0n) is 14.7. The molecule has 8 heteroatoms. The molecular formula is C19H19BrN2O5. The van der Waals surface area contributed by atoms with E-state index in [9.17, 15) is 14.4 Å². The second-order valence-electron chi connectivity index (χ2n) is 5.44. The number of ether oxygens (including phenoxy) is 2. The molecule has 2 amide bonds. The average Bonchev–Trinajstić information content (AvgIpc) is 2.69. The highest BCUT2D eigenvalue weighted by molar-refractivity contribution is 9.10. The first-order valence-electron chi connectivity index (χ1n) is 8.07. The molecule has 7 nitrogen and oxygen atoms in total. The van der Waals surface area contributed by atoms with Crippen LogP contribution in [0.25, 0.3) is 0 Å². The van der Waals surface area contributed by atoms with Crippen LogP contribution in [0.4, 0.5) is 0 Å². The lowest BCUT2D eigenvalue weighted by Gasteiger charge is -2.10. The van der Waals surface area contributed by atoms with Crippen molar-refractivity contribution in [2.45, 2.75) is 6.54 Å². The van der Waals surface area contributed by atoms with Gasteiger partial charge in [0, 0.05) is 22.1 Å². The van der Waals surface area contributed by atoms with Crippen molar-refractivity contribution < 1.29 is 23.9 Å². The smallest absolute Gasteiger partial charge is 0.325 e. The molecule has 27 heavy (non-hydrogen) atoms. The van der Waals surface area contributed by atoms with Crippen LogP contribution < -0.4 is 15.4 Å². The molecule has 0 aliphatic rings. The number of benzene rings is 2. The Morgan fingerprint density at radius 1 is 1.00 bits per heavy atom. The monoisotopic (exact) mass is 434 g/mol. The van der Waals surface area contributed by atoms with Crippen molar-refractivity contribution >= 4 is 33.7 Å². The lowest BCUT2D eigenvalue weighted by Crippen LogP contribution is -2.33. The van der Waals surface area contributed by atoms with Gasteiger partial charge < -0.3 is 20.1 Å². The maximum absolute atomic E-state index is 11.9. The van der Waals surface area contributed by atoms with Gasteiger partial charge >= 0.3 is 5.97 Å². The number of carbonyl (C=O) groups is 3. The maximum Gasteiger partial charge on any atom is 0.325 e. The fourth-order valence-corrected chi connectivity index (χ4v) is 2.41. The van der Waals surface area contributed by atoms with Gasteiger partial charge in [0.25, 0.3) is 11.8 Å². The van der Waals surface area contributed by atoms with Crippen LogP contribution in [0.5, 0.6) is 5.75 Å². The molecule has 2 rings (SSSR count). The van der Waals surface area contributed by atoms with Gasteiger partial charge in [-0.2, -0.15) is 0 Å². The zero-order chi connectivity index (χ0) is 19.6. The molecule has 0 spiro atoms. The molecule has 2 aromatic rings. The molecule has 0 bridgehead atoms. The van der Waals surface area contributed by atoms with Gasteiger partial charge in [0.05, 0.1) is 7.11 Å². The van der Waals surface area contributed by atoms with Crippen molar-refractivity contribution in [1.29, 1.82) is 0 Å². The molecule has 2 aromatic carbocycles. The van der Waals surface area contributed by atoms with Gasteiger partial charge in [-0.25, -0.2) is 0 Å². The highest BCUT2D eigenvalue weighted by Gasteiger charge is 2.11. The topological polar surface area (TPSA) is 93.7 Å². The first-order chi connectivity index (χ1) is 13.0. The number of rotatable bonds is 8. The highest BCUT2D eigenvalue weighted by Crippen LogP contribution is 2.16. The van der Waals surface area contributed by atoms with Crippen molar-refractivity contribution in [3.63, 3.8) is 0 Å². The summed E-state index contributed by atoms with van der Waals surface area (Å²) in [6.07, 6.45) is 0. The zero-order valence-corrected chi connectivity index (χ0v) is 16.2. The van der Waals surface area contributed by atoms with E-state index in [-0.39, 0.29) is 13.1 Å². The third-order valence-electron chi connectivity index (χ3n) is 3.53. The summed E-state index contributed by atoms with van der Waals surface area (Å²) in [5.41, 5.74) is 1.22. The van der Waals surface area contributed by atoms with Gasteiger partial charge in [0.15, 0.2) is 6.61 Å². The van der Waals surface area contributed by atoms with Crippen molar-refractivity contribution in [2.75, 3.05) is 20.3 Å². The van der Waals surface area contributed by atoms with E-state index in [0.29, 0.717) is 11.3 Å². The summed E-state index contributed by atoms with van der Waals surface area (Å²) in [6, 6.07) is 14.0. The molecule has 0 heterocycles. The number of nitrogens with one attached hydrogen (secondary N) is 2. The predicted octanol–water partition coefficient (Wildman–Crippen LogP) is 2.05. The Morgan fingerprint density at radius 3 is 2.41 bits per heavy atom. The van der Waals surface area contributed by atoms with Crippen LogP contribution in [0, 0.1) is 0 Å². The van der Waals surface area contributed by atoms with E-state index in [2.05, 4.69) is 26.6 Å². The lowest BCUT2D eigenvalue weighted by molar-refractivity contribution is -0.147. The van der Waals surface area contributed by atoms with E-state index in [0.717, 1.165) is 10.0 Å². The number of amides is 2. The van der Waals surface area contributed by atoms with Crippen LogP contribution in [-0.2, 0) is 20.9 Å². The molecule has 0 saturated heterocycles. The van der Waals surface area contributed by atoms with Crippen LogP contribution in [0.1, 0.15) is 15.9 Å². The number of para-hydroxylation sites is 1. The first-order valence-corrected chi connectivity index (χ1v) is 8.87. The lowest BCUT2D eigenvalue weighted by atomic mass is 10.2. The molecule has 2 N–H and O–H groups in total. The molecule has 0 fully saturated rings. The number of halogens is 1. The Balaban J connectivity index is 1.69. The van der Waals surface area contributed by atoms with E-state index >= 15 is 0 Å². The Hall–Kier alpha value is -2.87. The van der Waals surface area contributed by atoms with Crippen molar-refractivity contribution in [2.24, 2.45) is 0 Å². The standard InChI is InChI=1S/C19H19BrN2O5/c1-26-16-5-3-2-4-14(16)10-21-17(23)12-27-18(24)11-22-19(25)13-6-8-15(20)9-7-13/h2-9H,10-12H2,1H3,(H,21,23)(H,22,25). The molecule has 0 atom stereocenters. The molecular weight excluding hydrogens is 416 g/mol. The molecule has 142 valence electrons. The first kappa shape index (κ1) is 20.4. The van der Waals surface area contributed by atoms with E-state index < -0.39 is 24.4 Å². The van der Waals surface area contributed by atoms with E-state index in [1.165, 1.54) is 0 Å². The van der Waals surface area contributed by atoms with Gasteiger partial charge in [-0.1, -0.05) is 34.1 Å². The Bertz CT molecular complexity index is 808. The molecule has 0 aromatic heterocycles.